The van der Waals surface area contributed by atoms with Crippen LogP contribution in [0.5, 0.6) is 11.6 Å². The van der Waals surface area contributed by atoms with Gasteiger partial charge in [-0.3, -0.25) is 4.79 Å². The van der Waals surface area contributed by atoms with E-state index in [0.717, 1.165) is 10.0 Å². The van der Waals surface area contributed by atoms with Crippen molar-refractivity contribution in [3.8, 4) is 11.6 Å². The van der Waals surface area contributed by atoms with E-state index in [4.69, 9.17) is 4.74 Å². The number of aromatic nitrogens is 2. The third-order valence-corrected chi connectivity index (χ3v) is 3.14. The zero-order valence-corrected chi connectivity index (χ0v) is 12.6. The Bertz CT molecular complexity index is 650. The van der Waals surface area contributed by atoms with Crippen LogP contribution in [0.1, 0.15) is 31.2 Å². The average molecular weight is 323 g/mol. The molecule has 0 spiro atoms. The van der Waals surface area contributed by atoms with Gasteiger partial charge in [0.15, 0.2) is 0 Å². The summed E-state index contributed by atoms with van der Waals surface area (Å²) in [6, 6.07) is 7.09. The number of aryl methyl sites for hydroxylation is 1. The smallest absolute Gasteiger partial charge is 0.254 e. The van der Waals surface area contributed by atoms with Crippen molar-refractivity contribution in [1.29, 1.82) is 0 Å². The first kappa shape index (κ1) is 13.8. The number of H-pyrrole nitrogens is 1. The number of rotatable bonds is 3. The van der Waals surface area contributed by atoms with E-state index in [0.29, 0.717) is 17.5 Å². The molecule has 0 fully saturated rings. The zero-order chi connectivity index (χ0) is 14.0. The van der Waals surface area contributed by atoms with E-state index in [-0.39, 0.29) is 11.5 Å². The second-order valence-electron chi connectivity index (χ2n) is 4.64. The molecule has 0 unspecified atom stereocenters. The molecule has 0 atom stereocenters. The molecule has 0 aliphatic heterocycles. The summed E-state index contributed by atoms with van der Waals surface area (Å²) in [5.41, 5.74) is 0.776. The predicted molar refractivity (Wildman–Crippen MR) is 77.9 cm³/mol. The van der Waals surface area contributed by atoms with Crippen molar-refractivity contribution in [1.82, 2.24) is 9.97 Å². The molecule has 0 bridgehead atoms. The maximum absolute atomic E-state index is 11.6. The monoisotopic (exact) mass is 322 g/mol. The van der Waals surface area contributed by atoms with Gasteiger partial charge < -0.3 is 9.72 Å². The molecule has 1 aromatic heterocycles. The van der Waals surface area contributed by atoms with Gasteiger partial charge in [-0.25, -0.2) is 0 Å². The Morgan fingerprint density at radius 1 is 1.32 bits per heavy atom. The van der Waals surface area contributed by atoms with Crippen LogP contribution in [0.15, 0.2) is 33.5 Å². The first-order chi connectivity index (χ1) is 8.95. The Kier molecular flexibility index (Phi) is 4.04. The summed E-state index contributed by atoms with van der Waals surface area (Å²) < 4.78 is 6.62. The first-order valence-electron chi connectivity index (χ1n) is 6.01. The highest BCUT2D eigenvalue weighted by Gasteiger charge is 2.08. The molecule has 2 aromatic rings. The highest BCUT2D eigenvalue weighted by atomic mass is 79.9. The summed E-state index contributed by atoms with van der Waals surface area (Å²) in [6.45, 7) is 5.87. The van der Waals surface area contributed by atoms with Gasteiger partial charge in [-0.1, -0.05) is 35.8 Å². The van der Waals surface area contributed by atoms with Crippen molar-refractivity contribution >= 4 is 15.9 Å². The van der Waals surface area contributed by atoms with Gasteiger partial charge in [0.2, 0.25) is 5.88 Å². The van der Waals surface area contributed by atoms with Crippen LogP contribution >= 0.6 is 15.9 Å². The largest absolute Gasteiger partial charge is 0.438 e. The fourth-order valence-electron chi connectivity index (χ4n) is 1.58. The molecule has 4 nitrogen and oxygen atoms in total. The van der Waals surface area contributed by atoms with E-state index in [1.165, 1.54) is 6.07 Å². The highest BCUT2D eigenvalue weighted by molar-refractivity contribution is 9.10. The first-order valence-corrected chi connectivity index (χ1v) is 6.80. The molecule has 2 rings (SSSR count). The van der Waals surface area contributed by atoms with E-state index in [1.54, 1.807) is 0 Å². The minimum absolute atomic E-state index is 0.139. The number of hydrogen-bond acceptors (Lipinski definition) is 3. The van der Waals surface area contributed by atoms with Gasteiger partial charge >= 0.3 is 0 Å². The fraction of sp³-hybridized carbons (Fsp3) is 0.286. The Morgan fingerprint density at radius 3 is 2.74 bits per heavy atom. The average Bonchev–Trinajstić information content (AvgIpc) is 2.33. The number of ether oxygens (including phenoxy) is 1. The summed E-state index contributed by atoms with van der Waals surface area (Å²) in [7, 11) is 0. The number of hydrogen-bond donors (Lipinski definition) is 1. The van der Waals surface area contributed by atoms with Crippen molar-refractivity contribution in [3.05, 3.63) is 50.5 Å². The van der Waals surface area contributed by atoms with E-state index >= 15 is 0 Å². The van der Waals surface area contributed by atoms with Gasteiger partial charge in [-0.15, -0.1) is 0 Å². The van der Waals surface area contributed by atoms with Crippen LogP contribution in [0.3, 0.4) is 0 Å². The molecule has 1 N–H and O–H groups in total. The van der Waals surface area contributed by atoms with E-state index in [9.17, 15) is 4.79 Å². The van der Waals surface area contributed by atoms with Crippen molar-refractivity contribution in [3.63, 3.8) is 0 Å². The van der Waals surface area contributed by atoms with Crippen LogP contribution in [0, 0.1) is 6.92 Å². The third-order valence-electron chi connectivity index (χ3n) is 2.65. The van der Waals surface area contributed by atoms with E-state index in [2.05, 4.69) is 25.9 Å². The Labute approximate surface area is 120 Å². The van der Waals surface area contributed by atoms with Crippen molar-refractivity contribution in [2.75, 3.05) is 0 Å². The lowest BCUT2D eigenvalue weighted by Gasteiger charge is -2.10. The Hall–Kier alpha value is -1.62. The predicted octanol–water partition coefficient (Wildman–Crippen LogP) is 3.76. The van der Waals surface area contributed by atoms with Gasteiger partial charge in [-0.2, -0.15) is 4.98 Å². The molecular formula is C14H15BrN2O2. The highest BCUT2D eigenvalue weighted by Crippen LogP contribution is 2.26. The molecule has 0 aliphatic carbocycles. The van der Waals surface area contributed by atoms with Crippen molar-refractivity contribution in [2.45, 2.75) is 26.7 Å². The molecule has 1 aromatic carbocycles. The van der Waals surface area contributed by atoms with Crippen molar-refractivity contribution in [2.24, 2.45) is 0 Å². The standard InChI is InChI=1S/C14H15BrN2O2/c1-8(2)14-16-12(18)7-13(17-14)19-11-6-10(15)5-4-9(11)3/h4-8H,1-3H3,(H,16,17,18). The minimum atomic E-state index is -0.207. The molecule has 0 radical (unpaired) electrons. The van der Waals surface area contributed by atoms with Crippen LogP contribution in [0.2, 0.25) is 0 Å². The summed E-state index contributed by atoms with van der Waals surface area (Å²) in [4.78, 5) is 18.6. The summed E-state index contributed by atoms with van der Waals surface area (Å²) in [6.07, 6.45) is 0. The third kappa shape index (κ3) is 3.44. The van der Waals surface area contributed by atoms with Gasteiger partial charge in [0.05, 0.1) is 6.07 Å². The molecule has 0 saturated carbocycles. The maximum Gasteiger partial charge on any atom is 0.254 e. The molecule has 5 heteroatoms. The van der Waals surface area contributed by atoms with Gasteiger partial charge in [0.1, 0.15) is 11.6 Å². The second-order valence-corrected chi connectivity index (χ2v) is 5.55. The summed E-state index contributed by atoms with van der Waals surface area (Å²) in [5, 5.41) is 0. The zero-order valence-electron chi connectivity index (χ0n) is 11.0. The van der Waals surface area contributed by atoms with Gasteiger partial charge in [-0.05, 0) is 24.6 Å². The lowest BCUT2D eigenvalue weighted by molar-refractivity contribution is 0.452. The normalized spacial score (nSPS) is 10.8. The molecule has 0 saturated heterocycles. The summed E-state index contributed by atoms with van der Waals surface area (Å²) in [5.74, 6) is 1.76. The van der Waals surface area contributed by atoms with Crippen LogP contribution in [-0.2, 0) is 0 Å². The summed E-state index contributed by atoms with van der Waals surface area (Å²) >= 11 is 3.39. The maximum atomic E-state index is 11.6. The van der Waals surface area contributed by atoms with Crippen LogP contribution in [0.4, 0.5) is 0 Å². The molecule has 1 heterocycles. The molecule has 19 heavy (non-hydrogen) atoms. The van der Waals surface area contributed by atoms with Crippen LogP contribution in [0.25, 0.3) is 0 Å². The lowest BCUT2D eigenvalue weighted by atomic mass is 10.2. The number of benzene rings is 1. The Morgan fingerprint density at radius 2 is 2.05 bits per heavy atom. The van der Waals surface area contributed by atoms with Crippen LogP contribution < -0.4 is 10.3 Å². The molecule has 100 valence electrons. The number of aromatic amines is 1. The number of halogens is 1. The molecule has 0 aliphatic rings. The molecular weight excluding hydrogens is 308 g/mol. The van der Waals surface area contributed by atoms with Gasteiger partial charge in [0.25, 0.3) is 5.56 Å². The SMILES string of the molecule is Cc1ccc(Br)cc1Oc1cc(=O)[nH]c(C(C)C)n1. The van der Waals surface area contributed by atoms with E-state index < -0.39 is 0 Å². The van der Waals surface area contributed by atoms with Gasteiger partial charge in [0, 0.05) is 10.4 Å². The minimum Gasteiger partial charge on any atom is -0.438 e. The Balaban J connectivity index is 2.38. The quantitative estimate of drug-likeness (QED) is 0.936. The lowest BCUT2D eigenvalue weighted by Crippen LogP contribution is -2.12. The van der Waals surface area contributed by atoms with Crippen molar-refractivity contribution < 1.29 is 4.74 Å². The second kappa shape index (κ2) is 5.57. The number of nitrogens with zero attached hydrogens (tertiary/aromatic N) is 1. The van der Waals surface area contributed by atoms with Crippen LogP contribution in [-0.4, -0.2) is 9.97 Å². The topological polar surface area (TPSA) is 55.0 Å². The molecule has 0 amide bonds. The van der Waals surface area contributed by atoms with E-state index in [1.807, 2.05) is 39.0 Å². The number of nitrogens with one attached hydrogen (secondary N) is 1. The fourth-order valence-corrected chi connectivity index (χ4v) is 1.92.